The number of anilines is 1. The van der Waals surface area contributed by atoms with Crippen LogP contribution in [-0.2, 0) is 14.6 Å². The molecule has 1 fully saturated rings. The number of rotatable bonds is 3. The van der Waals surface area contributed by atoms with Crippen LogP contribution in [0.3, 0.4) is 0 Å². The molecule has 2 rings (SSSR count). The number of hydrogen-bond donors (Lipinski definition) is 1. The minimum atomic E-state index is -3.22. The van der Waals surface area contributed by atoms with Gasteiger partial charge >= 0.3 is 5.97 Å². The molecule has 6 heteroatoms. The van der Waals surface area contributed by atoms with Gasteiger partial charge in [0.25, 0.3) is 0 Å². The molecule has 0 amide bonds. The van der Waals surface area contributed by atoms with Gasteiger partial charge < -0.3 is 10.0 Å². The lowest BCUT2D eigenvalue weighted by Gasteiger charge is -2.37. The fraction of sp³-hybridized carbons (Fsp3) is 0.500. The first kappa shape index (κ1) is 14.8. The normalized spacial score (nSPS) is 23.6. The van der Waals surface area contributed by atoms with Crippen LogP contribution in [0.25, 0.3) is 0 Å². The highest BCUT2D eigenvalue weighted by Gasteiger charge is 2.31. The monoisotopic (exact) mass is 297 g/mol. The smallest absolute Gasteiger partial charge is 0.326 e. The molecular formula is C14H19NO4S. The van der Waals surface area contributed by atoms with Crippen LogP contribution < -0.4 is 4.90 Å². The van der Waals surface area contributed by atoms with Crippen molar-refractivity contribution in [1.82, 2.24) is 0 Å². The molecule has 0 saturated carbocycles. The Morgan fingerprint density at radius 3 is 2.40 bits per heavy atom. The van der Waals surface area contributed by atoms with Crippen molar-refractivity contribution >= 4 is 21.5 Å². The fourth-order valence-electron chi connectivity index (χ4n) is 2.57. The standard InChI is InChI=1S/C14H19NO4S/c1-10-7-8-15(13(9-10)14(16)17)11-3-5-12(6-4-11)20(2,18)19/h3-6,10,13H,7-9H2,1-2H3,(H,16,17). The molecule has 1 aromatic rings. The molecule has 1 heterocycles. The van der Waals surface area contributed by atoms with E-state index in [-0.39, 0.29) is 4.90 Å². The maximum absolute atomic E-state index is 11.4. The minimum Gasteiger partial charge on any atom is -0.480 e. The second-order valence-electron chi connectivity index (χ2n) is 5.44. The summed E-state index contributed by atoms with van der Waals surface area (Å²) in [6.45, 7) is 2.73. The fourth-order valence-corrected chi connectivity index (χ4v) is 3.20. The van der Waals surface area contributed by atoms with E-state index < -0.39 is 21.8 Å². The highest BCUT2D eigenvalue weighted by molar-refractivity contribution is 7.90. The third-order valence-electron chi connectivity index (χ3n) is 3.75. The summed E-state index contributed by atoms with van der Waals surface area (Å²) in [5, 5.41) is 9.33. The highest BCUT2D eigenvalue weighted by Crippen LogP contribution is 2.28. The van der Waals surface area contributed by atoms with Crippen LogP contribution >= 0.6 is 0 Å². The van der Waals surface area contributed by atoms with Gasteiger partial charge in [0.15, 0.2) is 9.84 Å². The van der Waals surface area contributed by atoms with Gasteiger partial charge in [-0.25, -0.2) is 13.2 Å². The predicted molar refractivity (Wildman–Crippen MR) is 76.7 cm³/mol. The Balaban J connectivity index is 2.28. The van der Waals surface area contributed by atoms with Crippen molar-refractivity contribution in [1.29, 1.82) is 0 Å². The third-order valence-corrected chi connectivity index (χ3v) is 4.87. The van der Waals surface area contributed by atoms with Gasteiger partial charge in [0.05, 0.1) is 4.90 Å². The Labute approximate surface area is 119 Å². The number of carboxylic acid groups (broad SMARTS) is 1. The van der Waals surface area contributed by atoms with Crippen molar-refractivity contribution in [3.63, 3.8) is 0 Å². The van der Waals surface area contributed by atoms with E-state index in [1.54, 1.807) is 12.1 Å². The van der Waals surface area contributed by atoms with Crippen molar-refractivity contribution in [2.24, 2.45) is 5.92 Å². The SMILES string of the molecule is CC1CCN(c2ccc(S(C)(=O)=O)cc2)C(C(=O)O)C1. The number of carboxylic acids is 1. The van der Waals surface area contributed by atoms with Crippen molar-refractivity contribution in [3.05, 3.63) is 24.3 Å². The average Bonchev–Trinajstić information content (AvgIpc) is 2.37. The van der Waals surface area contributed by atoms with E-state index in [0.29, 0.717) is 18.9 Å². The topological polar surface area (TPSA) is 74.7 Å². The molecule has 1 N–H and O–H groups in total. The zero-order valence-electron chi connectivity index (χ0n) is 11.6. The van der Waals surface area contributed by atoms with Crippen LogP contribution in [0.1, 0.15) is 19.8 Å². The maximum Gasteiger partial charge on any atom is 0.326 e. The maximum atomic E-state index is 11.4. The van der Waals surface area contributed by atoms with E-state index in [1.165, 1.54) is 12.1 Å². The predicted octanol–water partition coefficient (Wildman–Crippen LogP) is 1.78. The summed E-state index contributed by atoms with van der Waals surface area (Å²) in [7, 11) is -3.22. The van der Waals surface area contributed by atoms with Crippen LogP contribution in [0, 0.1) is 5.92 Å². The second-order valence-corrected chi connectivity index (χ2v) is 7.46. The zero-order chi connectivity index (χ0) is 14.9. The molecule has 0 aliphatic carbocycles. The highest BCUT2D eigenvalue weighted by atomic mass is 32.2. The van der Waals surface area contributed by atoms with Crippen molar-refractivity contribution in [3.8, 4) is 0 Å². The summed E-state index contributed by atoms with van der Waals surface area (Å²) in [6, 6.07) is 5.89. The molecule has 0 aromatic heterocycles. The van der Waals surface area contributed by atoms with Gasteiger partial charge in [0.1, 0.15) is 6.04 Å². The van der Waals surface area contributed by atoms with Crippen molar-refractivity contribution in [2.75, 3.05) is 17.7 Å². The quantitative estimate of drug-likeness (QED) is 0.920. The molecule has 1 aliphatic rings. The molecule has 5 nitrogen and oxygen atoms in total. The number of benzene rings is 1. The molecule has 110 valence electrons. The van der Waals surface area contributed by atoms with Crippen molar-refractivity contribution in [2.45, 2.75) is 30.7 Å². The van der Waals surface area contributed by atoms with E-state index >= 15 is 0 Å². The second kappa shape index (κ2) is 5.44. The minimum absolute atomic E-state index is 0.249. The number of piperidine rings is 1. The van der Waals surface area contributed by atoms with Crippen LogP contribution in [-0.4, -0.2) is 38.3 Å². The molecule has 1 aliphatic heterocycles. The van der Waals surface area contributed by atoms with Gasteiger partial charge in [-0.15, -0.1) is 0 Å². The van der Waals surface area contributed by atoms with Gasteiger partial charge in [0, 0.05) is 18.5 Å². The number of sulfone groups is 1. The molecule has 0 radical (unpaired) electrons. The lowest BCUT2D eigenvalue weighted by atomic mass is 9.92. The lowest BCUT2D eigenvalue weighted by molar-refractivity contribution is -0.139. The summed E-state index contributed by atoms with van der Waals surface area (Å²) in [4.78, 5) is 13.5. The Kier molecular flexibility index (Phi) is 4.04. The molecule has 1 saturated heterocycles. The van der Waals surface area contributed by atoms with Gasteiger partial charge in [-0.3, -0.25) is 0 Å². The van der Waals surface area contributed by atoms with Crippen LogP contribution in [0.5, 0.6) is 0 Å². The number of carbonyl (C=O) groups is 1. The first-order valence-electron chi connectivity index (χ1n) is 6.58. The van der Waals surface area contributed by atoms with E-state index in [1.807, 2.05) is 4.90 Å². The van der Waals surface area contributed by atoms with Crippen LogP contribution in [0.2, 0.25) is 0 Å². The van der Waals surface area contributed by atoms with Crippen LogP contribution in [0.4, 0.5) is 5.69 Å². The Morgan fingerprint density at radius 1 is 1.30 bits per heavy atom. The summed E-state index contributed by atoms with van der Waals surface area (Å²) in [5.41, 5.74) is 0.761. The molecule has 2 unspecified atom stereocenters. The molecule has 20 heavy (non-hydrogen) atoms. The third kappa shape index (κ3) is 3.12. The summed E-state index contributed by atoms with van der Waals surface area (Å²) in [6.07, 6.45) is 2.71. The molecule has 1 aromatic carbocycles. The van der Waals surface area contributed by atoms with Gasteiger partial charge in [-0.05, 0) is 43.0 Å². The van der Waals surface area contributed by atoms with E-state index in [4.69, 9.17) is 0 Å². The summed E-state index contributed by atoms with van der Waals surface area (Å²) in [5.74, 6) is -0.439. The number of hydrogen-bond acceptors (Lipinski definition) is 4. The lowest BCUT2D eigenvalue weighted by Crippen LogP contribution is -2.47. The first-order chi connectivity index (χ1) is 9.29. The first-order valence-corrected chi connectivity index (χ1v) is 8.48. The molecule has 0 spiro atoms. The van der Waals surface area contributed by atoms with Gasteiger partial charge in [-0.2, -0.15) is 0 Å². The van der Waals surface area contributed by atoms with Crippen molar-refractivity contribution < 1.29 is 18.3 Å². The Bertz CT molecular complexity index is 594. The molecule has 2 atom stereocenters. The average molecular weight is 297 g/mol. The van der Waals surface area contributed by atoms with Gasteiger partial charge in [-0.1, -0.05) is 6.92 Å². The number of aliphatic carboxylic acids is 1. The Morgan fingerprint density at radius 2 is 1.90 bits per heavy atom. The zero-order valence-corrected chi connectivity index (χ0v) is 12.4. The molecule has 0 bridgehead atoms. The van der Waals surface area contributed by atoms with E-state index in [9.17, 15) is 18.3 Å². The summed E-state index contributed by atoms with van der Waals surface area (Å²) < 4.78 is 22.9. The van der Waals surface area contributed by atoms with Gasteiger partial charge in [0.2, 0.25) is 0 Å². The largest absolute Gasteiger partial charge is 0.480 e. The Hall–Kier alpha value is -1.56. The molecular weight excluding hydrogens is 278 g/mol. The van der Waals surface area contributed by atoms with E-state index in [0.717, 1.165) is 18.4 Å². The van der Waals surface area contributed by atoms with Crippen LogP contribution in [0.15, 0.2) is 29.2 Å². The number of nitrogens with zero attached hydrogens (tertiary/aromatic N) is 1. The van der Waals surface area contributed by atoms with E-state index in [2.05, 4.69) is 6.92 Å². The summed E-state index contributed by atoms with van der Waals surface area (Å²) >= 11 is 0.